The van der Waals surface area contributed by atoms with E-state index < -0.39 is 12.7 Å². The molecule has 0 saturated carbocycles. The van der Waals surface area contributed by atoms with Gasteiger partial charge >= 0.3 is 6.18 Å². The van der Waals surface area contributed by atoms with Gasteiger partial charge in [-0.2, -0.15) is 13.2 Å². The Kier molecular flexibility index (Phi) is 8.47. The van der Waals surface area contributed by atoms with E-state index in [2.05, 4.69) is 33.1 Å². The molecule has 1 aliphatic heterocycles. The number of alkyl halides is 3. The van der Waals surface area contributed by atoms with Gasteiger partial charge in [-0.1, -0.05) is 20.6 Å². The van der Waals surface area contributed by atoms with Gasteiger partial charge in [-0.15, -0.1) is 0 Å². The van der Waals surface area contributed by atoms with E-state index in [4.69, 9.17) is 4.74 Å². The Morgan fingerprint density at radius 3 is 2.78 bits per heavy atom. The number of carbonyl (C=O) groups excluding carboxylic acids is 1. The summed E-state index contributed by atoms with van der Waals surface area (Å²) in [7, 11) is 3.72. The Hall–Kier alpha value is -3.41. The molecule has 2 aromatic carbocycles. The van der Waals surface area contributed by atoms with Crippen molar-refractivity contribution in [2.75, 3.05) is 44.2 Å². The zero-order chi connectivity index (χ0) is 26.4. The molecule has 0 radical (unpaired) electrons. The van der Waals surface area contributed by atoms with Gasteiger partial charge in [0.15, 0.2) is 0 Å². The lowest BCUT2D eigenvalue weighted by molar-refractivity contribution is -0.140. The van der Waals surface area contributed by atoms with E-state index in [0.717, 1.165) is 30.3 Å². The normalized spacial score (nSPS) is 16.2. The van der Waals surface area contributed by atoms with Crippen LogP contribution < -0.4 is 26.0 Å². The van der Waals surface area contributed by atoms with Crippen LogP contribution in [0.1, 0.15) is 22.5 Å². The third-order valence-corrected chi connectivity index (χ3v) is 7.35. The SMILES string of the molecule is CNC(=O)c1ccc(NCC#Cc2cc3c(NC4CCNCP4)cccc3n2CC(F)(F)F)c(OC)c1. The molecule has 4 rings (SSSR count). The quantitative estimate of drug-likeness (QED) is 0.269. The molecule has 0 aliphatic carbocycles. The topological polar surface area (TPSA) is 79.4 Å². The Balaban J connectivity index is 1.58. The molecule has 2 heterocycles. The van der Waals surface area contributed by atoms with E-state index in [0.29, 0.717) is 36.9 Å². The molecule has 0 bridgehead atoms. The van der Waals surface area contributed by atoms with E-state index in [1.807, 2.05) is 6.07 Å². The Morgan fingerprint density at radius 1 is 1.24 bits per heavy atom. The second-order valence-electron chi connectivity index (χ2n) is 8.49. The van der Waals surface area contributed by atoms with Gasteiger partial charge in [0, 0.05) is 35.8 Å². The van der Waals surface area contributed by atoms with Gasteiger partial charge in [0.2, 0.25) is 0 Å². The third kappa shape index (κ3) is 6.68. The Labute approximate surface area is 215 Å². The number of rotatable bonds is 7. The molecule has 4 N–H and O–H groups in total. The summed E-state index contributed by atoms with van der Waals surface area (Å²) in [4.78, 5) is 11.9. The van der Waals surface area contributed by atoms with Crippen molar-refractivity contribution in [2.24, 2.45) is 0 Å². The van der Waals surface area contributed by atoms with Crippen LogP contribution >= 0.6 is 8.58 Å². The van der Waals surface area contributed by atoms with Crippen LogP contribution in [0.3, 0.4) is 0 Å². The summed E-state index contributed by atoms with van der Waals surface area (Å²) < 4.78 is 47.0. The van der Waals surface area contributed by atoms with Crippen LogP contribution in [-0.2, 0) is 6.54 Å². The van der Waals surface area contributed by atoms with E-state index in [9.17, 15) is 18.0 Å². The average Bonchev–Trinajstić information content (AvgIpc) is 3.23. The third-order valence-electron chi connectivity index (χ3n) is 5.97. The summed E-state index contributed by atoms with van der Waals surface area (Å²) in [5, 5.41) is 13.2. The molecular weight excluding hydrogens is 502 g/mol. The first-order valence-corrected chi connectivity index (χ1v) is 13.1. The molecule has 2 atom stereocenters. The fourth-order valence-corrected chi connectivity index (χ4v) is 5.38. The maximum atomic E-state index is 13.5. The molecule has 7 nitrogen and oxygen atoms in total. The molecule has 196 valence electrons. The fraction of sp³-hybridized carbons (Fsp3) is 0.346. The van der Waals surface area contributed by atoms with Crippen molar-refractivity contribution in [3.63, 3.8) is 0 Å². The van der Waals surface area contributed by atoms with Gasteiger partial charge in [-0.3, -0.25) is 4.79 Å². The maximum absolute atomic E-state index is 13.5. The summed E-state index contributed by atoms with van der Waals surface area (Å²) >= 11 is 0. The number of amides is 1. The molecule has 11 heteroatoms. The highest BCUT2D eigenvalue weighted by molar-refractivity contribution is 7.39. The van der Waals surface area contributed by atoms with Crippen LogP contribution in [0.25, 0.3) is 10.9 Å². The highest BCUT2D eigenvalue weighted by Crippen LogP contribution is 2.33. The predicted octanol–water partition coefficient (Wildman–Crippen LogP) is 4.40. The van der Waals surface area contributed by atoms with Crippen molar-refractivity contribution in [3.05, 3.63) is 53.7 Å². The summed E-state index contributed by atoms with van der Waals surface area (Å²) in [6, 6.07) is 12.0. The summed E-state index contributed by atoms with van der Waals surface area (Å²) in [6.07, 6.45) is -2.49. The molecule has 3 aromatic rings. The molecule has 0 spiro atoms. The number of methoxy groups -OCH3 is 1. The predicted molar refractivity (Wildman–Crippen MR) is 143 cm³/mol. The number of hydrogen-bond donors (Lipinski definition) is 4. The standard InChI is InChI=1S/C26H29F3N5O2P/c1-30-25(35)17-8-9-21(23(13-17)36-2)32-11-4-5-18-14-19-20(33-24-10-12-31-16-37-24)6-3-7-22(19)34(18)15-26(27,28)29/h3,6-9,13-14,24,31-33,37H,10-12,15-16H2,1-2H3,(H,30,35). The van der Waals surface area contributed by atoms with E-state index in [1.54, 1.807) is 43.4 Å². The fourth-order valence-electron chi connectivity index (χ4n) is 4.20. The van der Waals surface area contributed by atoms with Crippen molar-refractivity contribution in [2.45, 2.75) is 24.9 Å². The minimum atomic E-state index is -4.39. The first-order valence-electron chi connectivity index (χ1n) is 11.8. The smallest absolute Gasteiger partial charge is 0.406 e. The van der Waals surface area contributed by atoms with Gasteiger partial charge in [-0.05, 0) is 55.3 Å². The van der Waals surface area contributed by atoms with Gasteiger partial charge in [0.25, 0.3) is 5.91 Å². The average molecular weight is 532 g/mol. The van der Waals surface area contributed by atoms with Crippen LogP contribution in [0, 0.1) is 11.8 Å². The molecule has 1 aromatic heterocycles. The van der Waals surface area contributed by atoms with E-state index >= 15 is 0 Å². The molecule has 1 aliphatic rings. The maximum Gasteiger partial charge on any atom is 0.406 e. The van der Waals surface area contributed by atoms with E-state index in [1.165, 1.54) is 11.7 Å². The number of hydrogen-bond acceptors (Lipinski definition) is 5. The number of carbonyl (C=O) groups is 1. The van der Waals surface area contributed by atoms with E-state index in [-0.39, 0.29) is 18.1 Å². The number of ether oxygens (including phenoxy) is 1. The van der Waals surface area contributed by atoms with Gasteiger partial charge < -0.3 is 30.6 Å². The van der Waals surface area contributed by atoms with Crippen LogP contribution in [0.5, 0.6) is 5.75 Å². The highest BCUT2D eigenvalue weighted by Gasteiger charge is 2.30. The van der Waals surface area contributed by atoms with Crippen molar-refractivity contribution < 1.29 is 22.7 Å². The monoisotopic (exact) mass is 531 g/mol. The van der Waals surface area contributed by atoms with Crippen LogP contribution in [0.15, 0.2) is 42.5 Å². The number of benzene rings is 2. The first-order chi connectivity index (χ1) is 17.8. The lowest BCUT2D eigenvalue weighted by Gasteiger charge is -2.25. The number of anilines is 2. The molecule has 1 amide bonds. The van der Waals surface area contributed by atoms with Crippen molar-refractivity contribution in [3.8, 4) is 17.6 Å². The van der Waals surface area contributed by atoms with Crippen molar-refractivity contribution >= 4 is 36.8 Å². The molecular formula is C26H29F3N5O2P. The molecule has 1 fully saturated rings. The zero-order valence-electron chi connectivity index (χ0n) is 20.6. The first kappa shape index (κ1) is 26.6. The minimum Gasteiger partial charge on any atom is -0.495 e. The second-order valence-corrected chi connectivity index (χ2v) is 9.94. The van der Waals surface area contributed by atoms with Crippen LogP contribution in [0.2, 0.25) is 0 Å². The number of aromatic nitrogens is 1. The number of fused-ring (bicyclic) bond motifs is 1. The molecule has 1 saturated heterocycles. The lowest BCUT2D eigenvalue weighted by Crippen LogP contribution is -2.29. The number of nitrogens with zero attached hydrogens (tertiary/aromatic N) is 1. The molecule has 37 heavy (non-hydrogen) atoms. The Bertz CT molecular complexity index is 1320. The van der Waals surface area contributed by atoms with Crippen molar-refractivity contribution in [1.82, 2.24) is 15.2 Å². The van der Waals surface area contributed by atoms with Crippen LogP contribution in [0.4, 0.5) is 24.5 Å². The summed E-state index contributed by atoms with van der Waals surface area (Å²) in [5.41, 5.74) is 2.66. The minimum absolute atomic E-state index is 0.171. The number of nitrogens with one attached hydrogen (secondary N) is 4. The zero-order valence-corrected chi connectivity index (χ0v) is 21.6. The Morgan fingerprint density at radius 2 is 2.08 bits per heavy atom. The second kappa shape index (κ2) is 11.8. The summed E-state index contributed by atoms with van der Waals surface area (Å²) in [5.74, 6) is 6.35. The highest BCUT2D eigenvalue weighted by atomic mass is 31.1. The number of halogens is 3. The largest absolute Gasteiger partial charge is 0.495 e. The van der Waals surface area contributed by atoms with Gasteiger partial charge in [0.1, 0.15) is 12.3 Å². The van der Waals surface area contributed by atoms with Gasteiger partial charge in [-0.25, -0.2) is 0 Å². The lowest BCUT2D eigenvalue weighted by atomic mass is 10.1. The molecule has 2 unspecified atom stereocenters. The van der Waals surface area contributed by atoms with Crippen molar-refractivity contribution in [1.29, 1.82) is 0 Å². The van der Waals surface area contributed by atoms with Gasteiger partial charge in [0.05, 0.1) is 30.6 Å². The summed E-state index contributed by atoms with van der Waals surface area (Å²) in [6.45, 7) is -0.0371. The van der Waals surface area contributed by atoms with Crippen LogP contribution in [-0.4, -0.2) is 56.0 Å².